The van der Waals surface area contributed by atoms with Crippen molar-refractivity contribution < 1.29 is 41.8 Å². The molecule has 0 saturated carbocycles. The highest BCUT2D eigenvalue weighted by Gasteiger charge is 2.49. The molecule has 1 unspecified atom stereocenters. The molecule has 146 valence electrons. The maximum atomic E-state index is 13.3. The van der Waals surface area contributed by atoms with E-state index < -0.39 is 43.2 Å². The zero-order valence-electron chi connectivity index (χ0n) is 13.5. The number of rotatable bonds is 6. The van der Waals surface area contributed by atoms with Crippen LogP contribution in [0.5, 0.6) is 5.75 Å². The average Bonchev–Trinajstić information content (AvgIpc) is 2.57. The first-order valence-corrected chi connectivity index (χ1v) is 7.53. The van der Waals surface area contributed by atoms with Gasteiger partial charge in [-0.3, -0.25) is 0 Å². The molecule has 0 aliphatic carbocycles. The number of hydrogen-bond acceptors (Lipinski definition) is 8. The summed E-state index contributed by atoms with van der Waals surface area (Å²) < 4.78 is 53.7. The Hall–Kier alpha value is -2.82. The molecule has 1 aliphatic heterocycles. The van der Waals surface area contributed by atoms with E-state index in [4.69, 9.17) is 16.3 Å². The molecule has 8 nitrogen and oxygen atoms in total. The highest BCUT2D eigenvalue weighted by Crippen LogP contribution is 2.40. The Morgan fingerprint density at radius 1 is 1.30 bits per heavy atom. The standard InChI is InChI=1S/C15H11ClF3NO7/c1-7-2-9(16)3-8-4-10(13(15(17,18)19)27-12(7)8)14(22)25-6-24-11(21)5-26-20-23/h2-4,13H,5-6H2,1H3. The highest BCUT2D eigenvalue weighted by molar-refractivity contribution is 6.30. The van der Waals surface area contributed by atoms with Crippen molar-refractivity contribution in [3.8, 4) is 5.75 Å². The van der Waals surface area contributed by atoms with Crippen LogP contribution < -0.4 is 4.74 Å². The van der Waals surface area contributed by atoms with Gasteiger partial charge < -0.3 is 19.0 Å². The van der Waals surface area contributed by atoms with Crippen LogP contribution in [0.2, 0.25) is 5.02 Å². The fourth-order valence-corrected chi connectivity index (χ4v) is 2.49. The molecule has 0 bridgehead atoms. The summed E-state index contributed by atoms with van der Waals surface area (Å²) >= 11 is 5.87. The summed E-state index contributed by atoms with van der Waals surface area (Å²) in [5.74, 6) is -2.59. The van der Waals surface area contributed by atoms with Crippen LogP contribution in [0.15, 0.2) is 23.0 Å². The van der Waals surface area contributed by atoms with Crippen LogP contribution in [0.4, 0.5) is 13.2 Å². The van der Waals surface area contributed by atoms with Crippen LogP contribution in [-0.2, 0) is 23.9 Å². The number of carbonyl (C=O) groups is 2. The molecule has 0 radical (unpaired) electrons. The van der Waals surface area contributed by atoms with Gasteiger partial charge in [0, 0.05) is 10.6 Å². The van der Waals surface area contributed by atoms with E-state index in [1.807, 2.05) is 5.34 Å². The molecule has 1 heterocycles. The zero-order valence-corrected chi connectivity index (χ0v) is 14.3. The van der Waals surface area contributed by atoms with E-state index in [9.17, 15) is 27.7 Å². The third kappa shape index (κ3) is 5.09. The number of ether oxygens (including phenoxy) is 3. The molecule has 1 aliphatic rings. The lowest BCUT2D eigenvalue weighted by atomic mass is 9.99. The van der Waals surface area contributed by atoms with E-state index in [0.29, 0.717) is 5.56 Å². The van der Waals surface area contributed by atoms with Crippen molar-refractivity contribution in [3.05, 3.63) is 38.8 Å². The summed E-state index contributed by atoms with van der Waals surface area (Å²) in [6.45, 7) is -0.336. The van der Waals surface area contributed by atoms with E-state index >= 15 is 0 Å². The summed E-state index contributed by atoms with van der Waals surface area (Å²) in [7, 11) is 0. The average molecular weight is 410 g/mol. The van der Waals surface area contributed by atoms with Crippen molar-refractivity contribution in [3.63, 3.8) is 0 Å². The normalized spacial score (nSPS) is 15.7. The topological polar surface area (TPSA) is 100 Å². The summed E-state index contributed by atoms with van der Waals surface area (Å²) in [6.07, 6.45) is -6.54. The number of halogens is 4. The van der Waals surface area contributed by atoms with Gasteiger partial charge in [-0.15, -0.1) is 4.91 Å². The number of esters is 2. The first-order valence-electron chi connectivity index (χ1n) is 7.16. The number of benzene rings is 1. The molecule has 0 amide bonds. The van der Waals surface area contributed by atoms with Crippen LogP contribution >= 0.6 is 11.6 Å². The first kappa shape index (κ1) is 20.5. The molecule has 0 aromatic heterocycles. The molecule has 0 N–H and O–H groups in total. The van der Waals surface area contributed by atoms with Gasteiger partial charge in [0.1, 0.15) is 5.75 Å². The number of fused-ring (bicyclic) bond motifs is 1. The Balaban J connectivity index is 2.19. The van der Waals surface area contributed by atoms with Gasteiger partial charge in [-0.2, -0.15) is 13.2 Å². The minimum atomic E-state index is -4.91. The Bertz CT molecular complexity index is 794. The van der Waals surface area contributed by atoms with Crippen LogP contribution in [0.3, 0.4) is 0 Å². The Labute approximate surface area is 154 Å². The summed E-state index contributed by atoms with van der Waals surface area (Å²) in [6, 6.07) is 2.74. The third-order valence-corrected chi connectivity index (χ3v) is 3.49. The second kappa shape index (κ2) is 8.25. The quantitative estimate of drug-likeness (QED) is 0.308. The van der Waals surface area contributed by atoms with Crippen LogP contribution in [0.25, 0.3) is 6.08 Å². The maximum Gasteiger partial charge on any atom is 0.430 e. The van der Waals surface area contributed by atoms with Crippen molar-refractivity contribution in [2.75, 3.05) is 13.4 Å². The number of alkyl halides is 3. The Morgan fingerprint density at radius 2 is 2.00 bits per heavy atom. The highest BCUT2D eigenvalue weighted by atomic mass is 35.5. The van der Waals surface area contributed by atoms with Crippen LogP contribution in [0.1, 0.15) is 11.1 Å². The fourth-order valence-electron chi connectivity index (χ4n) is 2.21. The lowest BCUT2D eigenvalue weighted by Gasteiger charge is -2.28. The van der Waals surface area contributed by atoms with Crippen LogP contribution in [-0.4, -0.2) is 37.6 Å². The number of hydrogen-bond donors (Lipinski definition) is 0. The number of nitrogens with zero attached hydrogens (tertiary/aromatic N) is 1. The second-order valence-electron chi connectivity index (χ2n) is 5.19. The molecule has 1 atom stereocenters. The molecule has 1 aromatic carbocycles. The molecule has 27 heavy (non-hydrogen) atoms. The predicted molar refractivity (Wildman–Crippen MR) is 83.4 cm³/mol. The molecule has 0 spiro atoms. The van der Waals surface area contributed by atoms with Gasteiger partial charge >= 0.3 is 18.1 Å². The van der Waals surface area contributed by atoms with Gasteiger partial charge in [0.05, 0.1) is 5.57 Å². The molecule has 0 fully saturated rings. The van der Waals surface area contributed by atoms with E-state index in [2.05, 4.69) is 14.3 Å². The largest absolute Gasteiger partial charge is 0.475 e. The van der Waals surface area contributed by atoms with Gasteiger partial charge in [0.2, 0.25) is 19.5 Å². The molecule has 0 saturated heterocycles. The molecular formula is C15H11ClF3NO7. The minimum absolute atomic E-state index is 0.0665. The molecular weight excluding hydrogens is 399 g/mol. The molecule has 1 aromatic rings. The number of carbonyl (C=O) groups excluding carboxylic acids is 2. The number of aryl methyl sites for hydroxylation is 1. The summed E-state index contributed by atoms with van der Waals surface area (Å²) in [4.78, 5) is 36.6. The summed E-state index contributed by atoms with van der Waals surface area (Å²) in [5.41, 5.74) is -0.332. The van der Waals surface area contributed by atoms with Gasteiger partial charge in [-0.05, 0) is 30.7 Å². The molecule has 2 rings (SSSR count). The Kier molecular flexibility index (Phi) is 6.26. The van der Waals surface area contributed by atoms with E-state index in [0.717, 1.165) is 6.08 Å². The lowest BCUT2D eigenvalue weighted by molar-refractivity contribution is -0.191. The van der Waals surface area contributed by atoms with E-state index in [1.54, 1.807) is 0 Å². The van der Waals surface area contributed by atoms with Gasteiger partial charge in [0.15, 0.2) is 5.34 Å². The van der Waals surface area contributed by atoms with Crippen molar-refractivity contribution in [2.45, 2.75) is 19.2 Å². The minimum Gasteiger partial charge on any atom is -0.475 e. The predicted octanol–water partition coefficient (Wildman–Crippen LogP) is 3.10. The Morgan fingerprint density at radius 3 is 2.63 bits per heavy atom. The van der Waals surface area contributed by atoms with Gasteiger partial charge in [0.25, 0.3) is 0 Å². The van der Waals surface area contributed by atoms with Crippen molar-refractivity contribution >= 4 is 29.6 Å². The molecule has 12 heteroatoms. The van der Waals surface area contributed by atoms with E-state index in [1.165, 1.54) is 19.1 Å². The van der Waals surface area contributed by atoms with Crippen molar-refractivity contribution in [1.29, 1.82) is 0 Å². The van der Waals surface area contributed by atoms with Gasteiger partial charge in [-0.1, -0.05) is 11.6 Å². The first-order chi connectivity index (χ1) is 12.6. The zero-order chi connectivity index (χ0) is 20.2. The van der Waals surface area contributed by atoms with E-state index in [-0.39, 0.29) is 16.3 Å². The van der Waals surface area contributed by atoms with Crippen LogP contribution in [0, 0.1) is 11.8 Å². The third-order valence-electron chi connectivity index (χ3n) is 3.28. The van der Waals surface area contributed by atoms with Gasteiger partial charge in [-0.25, -0.2) is 9.59 Å². The lowest BCUT2D eigenvalue weighted by Crippen LogP contribution is -2.41. The van der Waals surface area contributed by atoms with Crippen molar-refractivity contribution in [1.82, 2.24) is 0 Å². The smallest absolute Gasteiger partial charge is 0.430 e. The fraction of sp³-hybridized carbons (Fsp3) is 0.333. The maximum absolute atomic E-state index is 13.3. The monoisotopic (exact) mass is 409 g/mol. The SMILES string of the molecule is Cc1cc(Cl)cc2c1OC(C(F)(F)F)C(C(=O)OCOC(=O)CON=O)=C2. The summed E-state index contributed by atoms with van der Waals surface area (Å²) in [5, 5.41) is 2.18. The van der Waals surface area contributed by atoms with Crippen molar-refractivity contribution in [2.24, 2.45) is 5.34 Å². The second-order valence-corrected chi connectivity index (χ2v) is 5.63.